The van der Waals surface area contributed by atoms with E-state index in [4.69, 9.17) is 4.74 Å². The fourth-order valence-corrected chi connectivity index (χ4v) is 1.60. The number of guanidine groups is 1. The first-order chi connectivity index (χ1) is 10.0. The molecule has 1 aliphatic rings. The van der Waals surface area contributed by atoms with E-state index >= 15 is 0 Å². The fraction of sp³-hybridized carbons (Fsp3) is 0.733. The first-order valence-corrected chi connectivity index (χ1v) is 7.42. The SMILES string of the molecule is C=CCNC(=NCC(=O)N(C)C)N(C)CCOCC1CC1. The lowest BCUT2D eigenvalue weighted by molar-refractivity contribution is -0.127. The van der Waals surface area contributed by atoms with Gasteiger partial charge in [-0.1, -0.05) is 6.08 Å². The third kappa shape index (κ3) is 7.70. The van der Waals surface area contributed by atoms with Crippen LogP contribution in [0.3, 0.4) is 0 Å². The molecule has 0 radical (unpaired) electrons. The van der Waals surface area contributed by atoms with Crippen molar-refractivity contribution in [2.24, 2.45) is 10.9 Å². The van der Waals surface area contributed by atoms with Gasteiger partial charge in [0.25, 0.3) is 0 Å². The number of likely N-dealkylation sites (N-methyl/N-ethyl adjacent to an activating group) is 2. The van der Waals surface area contributed by atoms with Crippen LogP contribution in [0.2, 0.25) is 0 Å². The molecule has 0 bridgehead atoms. The van der Waals surface area contributed by atoms with Gasteiger partial charge >= 0.3 is 0 Å². The van der Waals surface area contributed by atoms with Crippen LogP contribution in [0.15, 0.2) is 17.6 Å². The number of carbonyl (C=O) groups excluding carboxylic acids is 1. The summed E-state index contributed by atoms with van der Waals surface area (Å²) in [5.74, 6) is 1.45. The monoisotopic (exact) mass is 296 g/mol. The van der Waals surface area contributed by atoms with Crippen LogP contribution in [0, 0.1) is 5.92 Å². The summed E-state index contributed by atoms with van der Waals surface area (Å²) in [7, 11) is 5.39. The van der Waals surface area contributed by atoms with Gasteiger partial charge in [-0.05, 0) is 18.8 Å². The van der Waals surface area contributed by atoms with E-state index in [2.05, 4.69) is 16.9 Å². The minimum atomic E-state index is -0.0220. The summed E-state index contributed by atoms with van der Waals surface area (Å²) in [4.78, 5) is 19.5. The first kappa shape index (κ1) is 17.5. The molecule has 21 heavy (non-hydrogen) atoms. The Bertz CT molecular complexity index is 365. The van der Waals surface area contributed by atoms with Gasteiger partial charge in [0, 0.05) is 40.8 Å². The minimum absolute atomic E-state index is 0.0220. The van der Waals surface area contributed by atoms with E-state index in [0.29, 0.717) is 19.1 Å². The second-order valence-corrected chi connectivity index (χ2v) is 5.54. The molecule has 0 aromatic rings. The van der Waals surface area contributed by atoms with Crippen LogP contribution in [0.5, 0.6) is 0 Å². The molecular weight excluding hydrogens is 268 g/mol. The second-order valence-electron chi connectivity index (χ2n) is 5.54. The Hall–Kier alpha value is -1.56. The predicted molar refractivity (Wildman–Crippen MR) is 85.4 cm³/mol. The molecule has 1 rings (SSSR count). The first-order valence-electron chi connectivity index (χ1n) is 7.42. The molecule has 6 nitrogen and oxygen atoms in total. The maximum absolute atomic E-state index is 11.6. The van der Waals surface area contributed by atoms with Gasteiger partial charge in [0.05, 0.1) is 6.61 Å². The zero-order valence-electron chi connectivity index (χ0n) is 13.5. The molecule has 1 N–H and O–H groups in total. The molecule has 1 fully saturated rings. The van der Waals surface area contributed by atoms with Crippen molar-refractivity contribution < 1.29 is 9.53 Å². The number of carbonyl (C=O) groups is 1. The van der Waals surface area contributed by atoms with Crippen molar-refractivity contribution in [3.63, 3.8) is 0 Å². The number of amides is 1. The summed E-state index contributed by atoms with van der Waals surface area (Å²) in [5, 5.41) is 3.16. The van der Waals surface area contributed by atoms with E-state index in [1.54, 1.807) is 20.2 Å². The molecule has 0 aromatic carbocycles. The molecule has 0 spiro atoms. The highest BCUT2D eigenvalue weighted by atomic mass is 16.5. The van der Waals surface area contributed by atoms with Crippen molar-refractivity contribution in [2.45, 2.75) is 12.8 Å². The predicted octanol–water partition coefficient (Wildman–Crippen LogP) is 0.565. The molecule has 6 heteroatoms. The van der Waals surface area contributed by atoms with Gasteiger partial charge in [-0.15, -0.1) is 6.58 Å². The Morgan fingerprint density at radius 2 is 2.14 bits per heavy atom. The number of ether oxygens (including phenoxy) is 1. The van der Waals surface area contributed by atoms with Gasteiger partial charge in [-0.25, -0.2) is 4.99 Å². The molecule has 1 amide bonds. The smallest absolute Gasteiger partial charge is 0.243 e. The summed E-state index contributed by atoms with van der Waals surface area (Å²) >= 11 is 0. The summed E-state index contributed by atoms with van der Waals surface area (Å²) in [5.41, 5.74) is 0. The largest absolute Gasteiger partial charge is 0.379 e. The zero-order chi connectivity index (χ0) is 15.7. The molecule has 0 aromatic heterocycles. The van der Waals surface area contributed by atoms with Crippen LogP contribution in [0.25, 0.3) is 0 Å². The van der Waals surface area contributed by atoms with Crippen LogP contribution < -0.4 is 5.32 Å². The van der Waals surface area contributed by atoms with Crippen molar-refractivity contribution >= 4 is 11.9 Å². The molecule has 0 atom stereocenters. The van der Waals surface area contributed by atoms with E-state index in [1.165, 1.54) is 17.7 Å². The lowest BCUT2D eigenvalue weighted by Crippen LogP contribution is -2.41. The van der Waals surface area contributed by atoms with Crippen molar-refractivity contribution in [1.82, 2.24) is 15.1 Å². The van der Waals surface area contributed by atoms with E-state index in [0.717, 1.165) is 19.1 Å². The van der Waals surface area contributed by atoms with E-state index in [1.807, 2.05) is 11.9 Å². The highest BCUT2D eigenvalue weighted by molar-refractivity contribution is 5.84. The van der Waals surface area contributed by atoms with E-state index in [9.17, 15) is 4.79 Å². The molecule has 0 saturated heterocycles. The van der Waals surface area contributed by atoms with Gasteiger partial charge in [0.2, 0.25) is 5.91 Å². The zero-order valence-corrected chi connectivity index (χ0v) is 13.5. The van der Waals surface area contributed by atoms with E-state index < -0.39 is 0 Å². The number of aliphatic imine (C=N–C) groups is 1. The molecule has 0 aliphatic heterocycles. The standard InChI is InChI=1S/C15H28N4O2/c1-5-8-16-15(17-11-14(20)18(2)3)19(4)9-10-21-12-13-6-7-13/h5,13H,1,6-12H2,2-4H3,(H,16,17). The van der Waals surface area contributed by atoms with Crippen molar-refractivity contribution in [2.75, 3.05) is 54.0 Å². The number of hydrogen-bond donors (Lipinski definition) is 1. The Morgan fingerprint density at radius 3 is 2.71 bits per heavy atom. The number of nitrogens with one attached hydrogen (secondary N) is 1. The Morgan fingerprint density at radius 1 is 1.43 bits per heavy atom. The molecule has 0 heterocycles. The fourth-order valence-electron chi connectivity index (χ4n) is 1.60. The lowest BCUT2D eigenvalue weighted by Gasteiger charge is -2.22. The van der Waals surface area contributed by atoms with Crippen LogP contribution in [0.4, 0.5) is 0 Å². The van der Waals surface area contributed by atoms with Gasteiger partial charge in [-0.2, -0.15) is 0 Å². The maximum Gasteiger partial charge on any atom is 0.243 e. The Balaban J connectivity index is 2.38. The maximum atomic E-state index is 11.6. The quantitative estimate of drug-likeness (QED) is 0.292. The minimum Gasteiger partial charge on any atom is -0.379 e. The average molecular weight is 296 g/mol. The van der Waals surface area contributed by atoms with Crippen molar-refractivity contribution in [3.05, 3.63) is 12.7 Å². The molecule has 1 aliphatic carbocycles. The number of hydrogen-bond acceptors (Lipinski definition) is 3. The summed E-state index contributed by atoms with van der Waals surface area (Å²) in [6, 6.07) is 0. The van der Waals surface area contributed by atoms with Gasteiger partial charge in [-0.3, -0.25) is 4.79 Å². The van der Waals surface area contributed by atoms with Crippen LogP contribution in [-0.4, -0.2) is 75.7 Å². The van der Waals surface area contributed by atoms with E-state index in [-0.39, 0.29) is 12.5 Å². The Kier molecular flexibility index (Phi) is 7.82. The number of rotatable bonds is 9. The van der Waals surface area contributed by atoms with Gasteiger partial charge in [0.15, 0.2) is 5.96 Å². The van der Waals surface area contributed by atoms with Crippen LogP contribution >= 0.6 is 0 Å². The normalized spacial score (nSPS) is 14.7. The third-order valence-electron chi connectivity index (χ3n) is 3.25. The third-order valence-corrected chi connectivity index (χ3v) is 3.25. The second kappa shape index (κ2) is 9.39. The topological polar surface area (TPSA) is 57.2 Å². The van der Waals surface area contributed by atoms with Gasteiger partial charge in [0.1, 0.15) is 6.54 Å². The molecule has 120 valence electrons. The van der Waals surface area contributed by atoms with Crippen LogP contribution in [-0.2, 0) is 9.53 Å². The lowest BCUT2D eigenvalue weighted by atomic mass is 10.5. The average Bonchev–Trinajstić information content (AvgIpc) is 3.27. The van der Waals surface area contributed by atoms with Crippen molar-refractivity contribution in [1.29, 1.82) is 0 Å². The van der Waals surface area contributed by atoms with Gasteiger partial charge < -0.3 is 19.9 Å². The van der Waals surface area contributed by atoms with Crippen LogP contribution in [0.1, 0.15) is 12.8 Å². The molecule has 0 unspecified atom stereocenters. The number of nitrogens with zero attached hydrogens (tertiary/aromatic N) is 3. The molecule has 1 saturated carbocycles. The molecular formula is C15H28N4O2. The summed E-state index contributed by atoms with van der Waals surface area (Å²) in [6.07, 6.45) is 4.37. The summed E-state index contributed by atoms with van der Waals surface area (Å²) < 4.78 is 5.63. The summed E-state index contributed by atoms with van der Waals surface area (Å²) in [6.45, 7) is 6.71. The highest BCUT2D eigenvalue weighted by Crippen LogP contribution is 2.28. The Labute approximate surface area is 127 Å². The van der Waals surface area contributed by atoms with Crippen molar-refractivity contribution in [3.8, 4) is 0 Å². The highest BCUT2D eigenvalue weighted by Gasteiger charge is 2.21.